The number of ether oxygens (including phenoxy) is 2. The molecule has 0 aliphatic rings. The molecule has 0 spiro atoms. The van der Waals surface area contributed by atoms with E-state index in [1.165, 1.54) is 11.8 Å². The van der Waals surface area contributed by atoms with Crippen LogP contribution in [0.15, 0.2) is 57.9 Å². The molecule has 0 radical (unpaired) electrons. The zero-order chi connectivity index (χ0) is 18.1. The minimum absolute atomic E-state index is 0.115. The number of amides is 1. The first-order valence-corrected chi connectivity index (χ1v) is 9.41. The van der Waals surface area contributed by atoms with Crippen molar-refractivity contribution in [1.82, 2.24) is 0 Å². The van der Waals surface area contributed by atoms with E-state index in [0.717, 1.165) is 9.37 Å². The number of hydrogen-bond donors (Lipinski definition) is 1. The monoisotopic (exact) mass is 423 g/mol. The van der Waals surface area contributed by atoms with Crippen LogP contribution in [0.3, 0.4) is 0 Å². The first kappa shape index (κ1) is 19.3. The average Bonchev–Trinajstić information content (AvgIpc) is 2.60. The van der Waals surface area contributed by atoms with E-state index in [9.17, 15) is 9.59 Å². The normalized spacial score (nSPS) is 10.2. The number of halogens is 1. The Morgan fingerprint density at radius 1 is 1.16 bits per heavy atom. The number of rotatable bonds is 8. The molecule has 2 aromatic carbocycles. The van der Waals surface area contributed by atoms with Crippen LogP contribution in [0.1, 0.15) is 6.92 Å². The highest BCUT2D eigenvalue weighted by molar-refractivity contribution is 9.10. The molecule has 5 nitrogen and oxygen atoms in total. The number of thioether (sulfide) groups is 1. The van der Waals surface area contributed by atoms with Gasteiger partial charge >= 0.3 is 5.97 Å². The second-order valence-electron chi connectivity index (χ2n) is 4.91. The third-order valence-electron chi connectivity index (χ3n) is 2.96. The number of hydrogen-bond acceptors (Lipinski definition) is 5. The van der Waals surface area contributed by atoms with Crippen molar-refractivity contribution in [2.45, 2.75) is 11.8 Å². The predicted octanol–water partition coefficient (Wildman–Crippen LogP) is 4.12. The molecule has 25 heavy (non-hydrogen) atoms. The van der Waals surface area contributed by atoms with Crippen LogP contribution < -0.4 is 10.1 Å². The van der Waals surface area contributed by atoms with Crippen molar-refractivity contribution in [2.24, 2.45) is 0 Å². The second-order valence-corrected chi connectivity index (χ2v) is 6.88. The van der Waals surface area contributed by atoms with Crippen molar-refractivity contribution >= 4 is 45.3 Å². The Hall–Kier alpha value is -1.99. The van der Waals surface area contributed by atoms with Crippen LogP contribution in [0.4, 0.5) is 5.69 Å². The molecule has 0 heterocycles. The fourth-order valence-electron chi connectivity index (χ4n) is 1.89. The molecule has 0 aliphatic carbocycles. The van der Waals surface area contributed by atoms with Gasteiger partial charge in [-0.2, -0.15) is 0 Å². The summed E-state index contributed by atoms with van der Waals surface area (Å²) in [7, 11) is 0. The Labute approximate surface area is 159 Å². The molecule has 0 bridgehead atoms. The molecule has 0 aliphatic heterocycles. The Bertz CT molecular complexity index is 721. The van der Waals surface area contributed by atoms with Gasteiger partial charge in [0.15, 0.2) is 6.61 Å². The fourth-order valence-corrected chi connectivity index (χ4v) is 2.85. The molecule has 7 heteroatoms. The minimum Gasteiger partial charge on any atom is -0.482 e. The van der Waals surface area contributed by atoms with Crippen molar-refractivity contribution < 1.29 is 19.1 Å². The quantitative estimate of drug-likeness (QED) is 0.510. The molecule has 0 aromatic heterocycles. The summed E-state index contributed by atoms with van der Waals surface area (Å²) in [6, 6.07) is 14.7. The summed E-state index contributed by atoms with van der Waals surface area (Å²) in [5.74, 6) is 0.250. The molecule has 0 atom stereocenters. The van der Waals surface area contributed by atoms with Gasteiger partial charge < -0.3 is 14.8 Å². The Balaban J connectivity index is 1.82. The number of nitrogens with one attached hydrogen (secondary N) is 1. The highest BCUT2D eigenvalue weighted by atomic mass is 79.9. The van der Waals surface area contributed by atoms with E-state index < -0.39 is 5.97 Å². The smallest absolute Gasteiger partial charge is 0.344 e. The maximum absolute atomic E-state index is 12.1. The van der Waals surface area contributed by atoms with Crippen LogP contribution in [0.2, 0.25) is 0 Å². The van der Waals surface area contributed by atoms with Gasteiger partial charge in [0.2, 0.25) is 5.91 Å². The van der Waals surface area contributed by atoms with Gasteiger partial charge in [-0.05, 0) is 43.3 Å². The number of benzene rings is 2. The number of carbonyl (C=O) groups is 2. The van der Waals surface area contributed by atoms with Gasteiger partial charge in [0, 0.05) is 21.1 Å². The molecule has 2 aromatic rings. The fraction of sp³-hybridized carbons (Fsp3) is 0.222. The van der Waals surface area contributed by atoms with E-state index in [1.807, 2.05) is 24.3 Å². The van der Waals surface area contributed by atoms with E-state index in [1.54, 1.807) is 31.2 Å². The lowest BCUT2D eigenvalue weighted by Gasteiger charge is -2.09. The van der Waals surface area contributed by atoms with Gasteiger partial charge in [-0.1, -0.05) is 22.0 Å². The summed E-state index contributed by atoms with van der Waals surface area (Å²) >= 11 is 4.83. The van der Waals surface area contributed by atoms with Crippen LogP contribution in [-0.2, 0) is 14.3 Å². The Morgan fingerprint density at radius 2 is 1.92 bits per heavy atom. The van der Waals surface area contributed by atoms with Crippen molar-refractivity contribution in [2.75, 3.05) is 24.3 Å². The van der Waals surface area contributed by atoms with Crippen molar-refractivity contribution in [3.8, 4) is 5.75 Å². The lowest BCUT2D eigenvalue weighted by molar-refractivity contribution is -0.145. The van der Waals surface area contributed by atoms with Crippen LogP contribution in [0.25, 0.3) is 0 Å². The van der Waals surface area contributed by atoms with Crippen LogP contribution in [0.5, 0.6) is 5.75 Å². The van der Waals surface area contributed by atoms with Crippen LogP contribution in [0, 0.1) is 0 Å². The summed E-state index contributed by atoms with van der Waals surface area (Å²) in [5.41, 5.74) is 0.614. The molecule has 2 rings (SSSR count). The first-order chi connectivity index (χ1) is 12.1. The van der Waals surface area contributed by atoms with Gasteiger partial charge in [-0.15, -0.1) is 11.8 Å². The number of esters is 1. The van der Waals surface area contributed by atoms with Gasteiger partial charge in [-0.3, -0.25) is 4.79 Å². The summed E-state index contributed by atoms with van der Waals surface area (Å²) in [6.45, 7) is 1.89. The van der Waals surface area contributed by atoms with Gasteiger partial charge in [0.1, 0.15) is 5.75 Å². The topological polar surface area (TPSA) is 64.6 Å². The van der Waals surface area contributed by atoms with Crippen molar-refractivity contribution in [3.05, 3.63) is 53.0 Å². The first-order valence-electron chi connectivity index (χ1n) is 7.63. The average molecular weight is 424 g/mol. The van der Waals surface area contributed by atoms with Crippen molar-refractivity contribution in [1.29, 1.82) is 0 Å². The van der Waals surface area contributed by atoms with Gasteiger partial charge in [0.05, 0.1) is 12.4 Å². The standard InChI is InChI=1S/C18H18BrNO4S/c1-2-23-18(22)11-24-15-5-3-4-14(10-15)20-17(21)12-25-16-8-6-13(19)7-9-16/h3-10H,2,11-12H2,1H3,(H,20,21). The molecule has 0 fully saturated rings. The molecular weight excluding hydrogens is 406 g/mol. The van der Waals surface area contributed by atoms with E-state index >= 15 is 0 Å². The lowest BCUT2D eigenvalue weighted by Crippen LogP contribution is -2.15. The summed E-state index contributed by atoms with van der Waals surface area (Å²) in [6.07, 6.45) is 0. The summed E-state index contributed by atoms with van der Waals surface area (Å²) < 4.78 is 11.1. The Morgan fingerprint density at radius 3 is 2.64 bits per heavy atom. The molecular formula is C18H18BrNO4S. The predicted molar refractivity (Wildman–Crippen MR) is 102 cm³/mol. The highest BCUT2D eigenvalue weighted by Gasteiger charge is 2.07. The summed E-state index contributed by atoms with van der Waals surface area (Å²) in [5, 5.41) is 2.81. The number of carbonyl (C=O) groups excluding carboxylic acids is 2. The maximum Gasteiger partial charge on any atom is 0.344 e. The van der Waals surface area contributed by atoms with E-state index in [0.29, 0.717) is 23.8 Å². The molecule has 132 valence electrons. The highest BCUT2D eigenvalue weighted by Crippen LogP contribution is 2.22. The van der Waals surface area contributed by atoms with E-state index in [-0.39, 0.29) is 12.5 Å². The van der Waals surface area contributed by atoms with Crippen LogP contribution in [-0.4, -0.2) is 30.8 Å². The molecule has 1 amide bonds. The minimum atomic E-state index is -0.428. The zero-order valence-corrected chi connectivity index (χ0v) is 16.1. The van der Waals surface area contributed by atoms with Crippen molar-refractivity contribution in [3.63, 3.8) is 0 Å². The molecule has 1 N–H and O–H groups in total. The third kappa shape index (κ3) is 7.19. The third-order valence-corrected chi connectivity index (χ3v) is 4.50. The maximum atomic E-state index is 12.1. The van der Waals surface area contributed by atoms with Crippen LogP contribution >= 0.6 is 27.7 Å². The summed E-state index contributed by atoms with van der Waals surface area (Å²) in [4.78, 5) is 24.4. The second kappa shape index (κ2) is 10.1. The molecule has 0 saturated carbocycles. The molecule has 0 unspecified atom stereocenters. The SMILES string of the molecule is CCOC(=O)COc1cccc(NC(=O)CSc2ccc(Br)cc2)c1. The lowest BCUT2D eigenvalue weighted by atomic mass is 10.3. The van der Waals surface area contributed by atoms with Gasteiger partial charge in [0.25, 0.3) is 0 Å². The molecule has 0 saturated heterocycles. The van der Waals surface area contributed by atoms with Gasteiger partial charge in [-0.25, -0.2) is 4.79 Å². The van der Waals surface area contributed by atoms with E-state index in [2.05, 4.69) is 21.2 Å². The Kier molecular flexibility index (Phi) is 7.81. The van der Waals surface area contributed by atoms with E-state index in [4.69, 9.17) is 9.47 Å². The largest absolute Gasteiger partial charge is 0.482 e. The number of anilines is 1. The zero-order valence-electron chi connectivity index (χ0n) is 13.7.